The minimum absolute atomic E-state index is 0. The molecule has 1 aromatic heterocycles. The highest BCUT2D eigenvalue weighted by Gasteiger charge is 2.05. The van der Waals surface area contributed by atoms with Crippen molar-refractivity contribution in [2.24, 2.45) is 0 Å². The first-order valence-corrected chi connectivity index (χ1v) is 7.25. The van der Waals surface area contributed by atoms with Crippen molar-refractivity contribution in [1.29, 1.82) is 0 Å². The number of likely N-dealkylation sites (N-methyl/N-ethyl adjacent to an activating group) is 1. The monoisotopic (exact) mass is 302 g/mol. The normalized spacial score (nSPS) is 10.8. The fourth-order valence-electron chi connectivity index (χ4n) is 1.94. The smallest absolute Gasteiger partial charge is 0.123 e. The van der Waals surface area contributed by atoms with Gasteiger partial charge < -0.3 is 4.90 Å². The largest absolute Gasteiger partial charge is 0.302 e. The number of hydrogen-bond acceptors (Lipinski definition) is 3. The Kier molecular flexibility index (Phi) is 6.29. The highest BCUT2D eigenvalue weighted by molar-refractivity contribution is 7.71. The molecule has 2 nitrogen and oxygen atoms in total. The summed E-state index contributed by atoms with van der Waals surface area (Å²) in [5.74, 6) is 0. The quantitative estimate of drug-likeness (QED) is 0.765. The second kappa shape index (κ2) is 7.24. The maximum absolute atomic E-state index is 5.51. The fraction of sp³-hybridized carbons (Fsp3) is 0.462. The first-order valence-electron chi connectivity index (χ1n) is 6.07. The highest BCUT2D eigenvalue weighted by Crippen LogP contribution is 2.22. The molecule has 0 saturated heterocycles. The van der Waals surface area contributed by atoms with Gasteiger partial charge in [0.05, 0.1) is 4.70 Å². The van der Waals surface area contributed by atoms with Crippen LogP contribution in [0.15, 0.2) is 24.3 Å². The topological polar surface area (TPSA) is 8.17 Å². The van der Waals surface area contributed by atoms with Gasteiger partial charge >= 0.3 is 0 Å². The lowest BCUT2D eigenvalue weighted by Crippen LogP contribution is -2.26. The molecule has 0 amide bonds. The van der Waals surface area contributed by atoms with Crippen molar-refractivity contribution in [2.75, 3.05) is 19.6 Å². The van der Waals surface area contributed by atoms with Gasteiger partial charge in [-0.2, -0.15) is 0 Å². The Bertz CT molecular complexity index is 543. The van der Waals surface area contributed by atoms with E-state index in [0.29, 0.717) is 0 Å². The van der Waals surface area contributed by atoms with Crippen LogP contribution < -0.4 is 0 Å². The van der Waals surface area contributed by atoms with Gasteiger partial charge in [0, 0.05) is 18.5 Å². The molecule has 0 fully saturated rings. The van der Waals surface area contributed by atoms with Crippen LogP contribution in [0.1, 0.15) is 13.8 Å². The van der Waals surface area contributed by atoms with Gasteiger partial charge in [-0.15, -0.1) is 12.4 Å². The Morgan fingerprint density at radius 3 is 2.50 bits per heavy atom. The molecular formula is C13H19ClN2S2. The molecule has 0 radical (unpaired) electrons. The van der Waals surface area contributed by atoms with Crippen molar-refractivity contribution in [2.45, 2.75) is 20.4 Å². The molecule has 1 aromatic carbocycles. The molecule has 0 aliphatic heterocycles. The minimum Gasteiger partial charge on any atom is -0.302 e. The molecule has 5 heteroatoms. The van der Waals surface area contributed by atoms with Gasteiger partial charge in [-0.25, -0.2) is 0 Å². The molecule has 0 bridgehead atoms. The van der Waals surface area contributed by atoms with Gasteiger partial charge in [0.25, 0.3) is 0 Å². The molecule has 0 saturated carbocycles. The SMILES string of the molecule is CCN(CC)CCn1sc2ccccc2c1=S.Cl. The van der Waals surface area contributed by atoms with E-state index in [9.17, 15) is 0 Å². The Labute approximate surface area is 124 Å². The summed E-state index contributed by atoms with van der Waals surface area (Å²) in [6.07, 6.45) is 0. The number of fused-ring (bicyclic) bond motifs is 1. The number of benzene rings is 1. The summed E-state index contributed by atoms with van der Waals surface area (Å²) >= 11 is 7.28. The maximum atomic E-state index is 5.51. The van der Waals surface area contributed by atoms with E-state index in [1.54, 1.807) is 11.5 Å². The lowest BCUT2D eigenvalue weighted by molar-refractivity contribution is 0.294. The van der Waals surface area contributed by atoms with Gasteiger partial charge in [-0.3, -0.25) is 3.96 Å². The predicted molar refractivity (Wildman–Crippen MR) is 85.7 cm³/mol. The molecule has 0 unspecified atom stereocenters. The average molecular weight is 303 g/mol. The third-order valence-corrected chi connectivity index (χ3v) is 4.76. The summed E-state index contributed by atoms with van der Waals surface area (Å²) in [5.41, 5.74) is 0. The highest BCUT2D eigenvalue weighted by atomic mass is 35.5. The number of nitrogens with zero attached hydrogens (tertiary/aromatic N) is 2. The van der Waals surface area contributed by atoms with E-state index in [2.05, 4.69) is 47.0 Å². The van der Waals surface area contributed by atoms with Crippen LogP contribution in [0.4, 0.5) is 0 Å². The van der Waals surface area contributed by atoms with E-state index in [1.807, 2.05) is 0 Å². The third kappa shape index (κ3) is 3.32. The predicted octanol–water partition coefficient (Wildman–Crippen LogP) is 4.20. The van der Waals surface area contributed by atoms with Gasteiger partial charge in [0.2, 0.25) is 0 Å². The van der Waals surface area contributed by atoms with Crippen molar-refractivity contribution < 1.29 is 0 Å². The van der Waals surface area contributed by atoms with Gasteiger partial charge in [0.1, 0.15) is 4.64 Å². The summed E-state index contributed by atoms with van der Waals surface area (Å²) in [4.78, 5) is 2.42. The van der Waals surface area contributed by atoms with E-state index in [-0.39, 0.29) is 12.4 Å². The Balaban J connectivity index is 0.00000162. The van der Waals surface area contributed by atoms with E-state index in [4.69, 9.17) is 12.2 Å². The molecule has 0 spiro atoms. The standard InChI is InChI=1S/C13H18N2S2.ClH/c1-3-14(4-2)9-10-15-13(16)11-7-5-6-8-12(11)17-15;/h5-8H,3-4,9-10H2,1-2H3;1H. The van der Waals surface area contributed by atoms with Crippen molar-refractivity contribution in [1.82, 2.24) is 8.86 Å². The van der Waals surface area contributed by atoms with E-state index < -0.39 is 0 Å². The van der Waals surface area contributed by atoms with Gasteiger partial charge in [-0.1, -0.05) is 55.8 Å². The zero-order valence-corrected chi connectivity index (χ0v) is 13.2. The molecule has 0 atom stereocenters. The van der Waals surface area contributed by atoms with Crippen molar-refractivity contribution in [3.63, 3.8) is 0 Å². The summed E-state index contributed by atoms with van der Waals surface area (Å²) in [6, 6.07) is 8.38. The van der Waals surface area contributed by atoms with Gasteiger partial charge in [0.15, 0.2) is 0 Å². The summed E-state index contributed by atoms with van der Waals surface area (Å²) in [5, 5.41) is 1.21. The molecule has 0 N–H and O–H groups in total. The van der Waals surface area contributed by atoms with Crippen LogP contribution in [0.3, 0.4) is 0 Å². The fourth-order valence-corrected chi connectivity index (χ4v) is 3.38. The number of aromatic nitrogens is 1. The van der Waals surface area contributed by atoms with Crippen molar-refractivity contribution >= 4 is 46.2 Å². The summed E-state index contributed by atoms with van der Waals surface area (Å²) in [6.45, 7) is 8.69. The van der Waals surface area contributed by atoms with Crippen LogP contribution in [0.5, 0.6) is 0 Å². The van der Waals surface area contributed by atoms with Crippen LogP contribution in [0.2, 0.25) is 0 Å². The van der Waals surface area contributed by atoms with Crippen LogP contribution in [0.25, 0.3) is 10.1 Å². The van der Waals surface area contributed by atoms with E-state index in [0.717, 1.165) is 30.8 Å². The average Bonchev–Trinajstić information content (AvgIpc) is 2.68. The molecular weight excluding hydrogens is 284 g/mol. The molecule has 0 aliphatic carbocycles. The zero-order chi connectivity index (χ0) is 12.3. The lowest BCUT2D eigenvalue weighted by Gasteiger charge is -2.17. The Morgan fingerprint density at radius 1 is 1.22 bits per heavy atom. The number of halogens is 1. The third-order valence-electron chi connectivity index (χ3n) is 3.07. The first kappa shape index (κ1) is 15.6. The number of hydrogen-bond donors (Lipinski definition) is 0. The van der Waals surface area contributed by atoms with Crippen LogP contribution in [0, 0.1) is 4.64 Å². The molecule has 0 aliphatic rings. The maximum Gasteiger partial charge on any atom is 0.123 e. The Hall–Kier alpha value is -0.420. The van der Waals surface area contributed by atoms with Crippen LogP contribution in [-0.2, 0) is 6.54 Å². The number of rotatable bonds is 5. The van der Waals surface area contributed by atoms with Crippen LogP contribution in [-0.4, -0.2) is 28.5 Å². The molecule has 2 rings (SSSR count). The van der Waals surface area contributed by atoms with E-state index >= 15 is 0 Å². The van der Waals surface area contributed by atoms with Gasteiger partial charge in [-0.05, 0) is 19.2 Å². The molecule has 2 aromatic rings. The van der Waals surface area contributed by atoms with Crippen LogP contribution >= 0.6 is 36.2 Å². The second-order valence-electron chi connectivity index (χ2n) is 4.02. The van der Waals surface area contributed by atoms with Crippen molar-refractivity contribution in [3.05, 3.63) is 28.9 Å². The lowest BCUT2D eigenvalue weighted by atomic mass is 10.3. The first-order chi connectivity index (χ1) is 8.26. The molecule has 18 heavy (non-hydrogen) atoms. The molecule has 100 valence electrons. The minimum atomic E-state index is 0. The van der Waals surface area contributed by atoms with Crippen molar-refractivity contribution in [3.8, 4) is 0 Å². The van der Waals surface area contributed by atoms with E-state index in [1.165, 1.54) is 10.1 Å². The molecule has 1 heterocycles. The zero-order valence-electron chi connectivity index (χ0n) is 10.8. The summed E-state index contributed by atoms with van der Waals surface area (Å²) in [7, 11) is 0. The summed E-state index contributed by atoms with van der Waals surface area (Å²) < 4.78 is 4.51. The second-order valence-corrected chi connectivity index (χ2v) is 5.47. The Morgan fingerprint density at radius 2 is 1.89 bits per heavy atom.